The molecule has 0 heterocycles. The Hall–Kier alpha value is -1.50. The van der Waals surface area contributed by atoms with Gasteiger partial charge in [-0.1, -0.05) is 21.6 Å². The smallest absolute Gasteiger partial charge is 0.334 e. The molecular weight excluding hydrogens is 436 g/mol. The lowest BCUT2D eigenvalue weighted by Crippen LogP contribution is -2.46. The van der Waals surface area contributed by atoms with Gasteiger partial charge in [-0.15, -0.1) is 0 Å². The second kappa shape index (κ2) is 18.3. The molecule has 0 aliphatic heterocycles. The largest absolute Gasteiger partial charge is 0.464 e. The molecule has 0 unspecified atom stereocenters. The van der Waals surface area contributed by atoms with Crippen molar-refractivity contribution in [2.75, 3.05) is 51.0 Å². The molecule has 0 radical (unpaired) electrons. The molecule has 174 valence electrons. The van der Waals surface area contributed by atoms with Crippen LogP contribution < -0.4 is 10.6 Å². The highest BCUT2D eigenvalue weighted by Crippen LogP contribution is 2.19. The number of hydrogen-bond donors (Lipinski definition) is 2. The fraction of sp³-hybridized carbons (Fsp3) is 0.778. The monoisotopic (exact) mass is 468 g/mol. The molecule has 30 heavy (non-hydrogen) atoms. The summed E-state index contributed by atoms with van der Waals surface area (Å²) in [6.45, 7) is 8.12. The van der Waals surface area contributed by atoms with E-state index in [0.717, 1.165) is 0 Å². The maximum Gasteiger partial charge on any atom is 0.334 e. The quantitative estimate of drug-likeness (QED) is 0.102. The van der Waals surface area contributed by atoms with E-state index < -0.39 is 36.0 Å². The molecule has 0 aromatic carbocycles. The Kier molecular flexibility index (Phi) is 17.4. The number of carbonyl (C=O) groups is 4. The third-order valence-electron chi connectivity index (χ3n) is 3.24. The zero-order valence-corrected chi connectivity index (χ0v) is 19.5. The van der Waals surface area contributed by atoms with E-state index in [-0.39, 0.29) is 26.4 Å². The molecule has 0 bridgehead atoms. The highest BCUT2D eigenvalue weighted by molar-refractivity contribution is 8.76. The maximum absolute atomic E-state index is 11.9. The van der Waals surface area contributed by atoms with Crippen LogP contribution in [0, 0.1) is 0 Å². The van der Waals surface area contributed by atoms with Crippen molar-refractivity contribution >= 4 is 45.5 Å². The fourth-order valence-electron chi connectivity index (χ4n) is 2.04. The predicted octanol–water partition coefficient (Wildman–Crippen LogP) is 0.537. The Balaban J connectivity index is 4.20. The molecule has 0 aromatic heterocycles. The summed E-state index contributed by atoms with van der Waals surface area (Å²) in [5, 5.41) is 5.67. The number of carbonyl (C=O) groups excluding carboxylic acids is 4. The highest BCUT2D eigenvalue weighted by Gasteiger charge is 2.29. The normalized spacial score (nSPS) is 10.7. The van der Waals surface area contributed by atoms with E-state index in [0.29, 0.717) is 24.6 Å². The summed E-state index contributed by atoms with van der Waals surface area (Å²) in [7, 11) is 3.02. The molecule has 0 aromatic rings. The van der Waals surface area contributed by atoms with Crippen LogP contribution in [0.5, 0.6) is 0 Å². The number of esters is 4. The molecule has 0 amide bonds. The summed E-state index contributed by atoms with van der Waals surface area (Å²) in [5.41, 5.74) is 0. The first-order valence-corrected chi connectivity index (χ1v) is 12.3. The zero-order valence-electron chi connectivity index (χ0n) is 17.9. The van der Waals surface area contributed by atoms with E-state index in [4.69, 9.17) is 18.9 Å². The summed E-state index contributed by atoms with van der Waals surface area (Å²) in [4.78, 5) is 47.4. The van der Waals surface area contributed by atoms with Crippen LogP contribution >= 0.6 is 21.6 Å². The molecule has 0 rings (SSSR count). The van der Waals surface area contributed by atoms with Crippen LogP contribution in [0.25, 0.3) is 0 Å². The molecule has 2 N–H and O–H groups in total. The number of rotatable bonds is 17. The molecule has 0 fully saturated rings. The van der Waals surface area contributed by atoms with Gasteiger partial charge < -0.3 is 18.9 Å². The van der Waals surface area contributed by atoms with E-state index in [1.54, 1.807) is 27.7 Å². The van der Waals surface area contributed by atoms with Gasteiger partial charge in [0.05, 0.1) is 26.4 Å². The minimum atomic E-state index is -1.15. The third-order valence-corrected chi connectivity index (χ3v) is 5.65. The van der Waals surface area contributed by atoms with Crippen molar-refractivity contribution in [2.24, 2.45) is 0 Å². The molecule has 0 aliphatic carbocycles. The maximum atomic E-state index is 11.9. The average molecular weight is 469 g/mol. The van der Waals surface area contributed by atoms with E-state index in [2.05, 4.69) is 10.6 Å². The molecule has 0 atom stereocenters. The first-order valence-electron chi connectivity index (χ1n) is 9.80. The molecular formula is C18H32N2O8S2. The standard InChI is InChI=1S/C18H32N2O8S2/c1-5-25-15(21)13(16(22)26-6-2)19-9-11-29-30-12-10-20-14(17(23)27-7-3)18(24)28-8-4/h13-14,19-20H,5-12H2,1-4H3. The molecule has 0 spiro atoms. The van der Waals surface area contributed by atoms with Crippen molar-refractivity contribution in [1.29, 1.82) is 0 Å². The number of ether oxygens (including phenoxy) is 4. The van der Waals surface area contributed by atoms with Crippen molar-refractivity contribution in [1.82, 2.24) is 10.6 Å². The van der Waals surface area contributed by atoms with Gasteiger partial charge in [0, 0.05) is 24.6 Å². The lowest BCUT2D eigenvalue weighted by Gasteiger charge is -2.16. The van der Waals surface area contributed by atoms with Crippen LogP contribution in [0.3, 0.4) is 0 Å². The Bertz CT molecular complexity index is 454. The SMILES string of the molecule is CCOC(=O)C(NCCSSCCNC(C(=O)OCC)C(=O)OCC)C(=O)OCC. The van der Waals surface area contributed by atoms with Crippen LogP contribution in [-0.4, -0.2) is 87.0 Å². The summed E-state index contributed by atoms with van der Waals surface area (Å²) in [5.74, 6) is -1.44. The first kappa shape index (κ1) is 28.5. The first-order chi connectivity index (χ1) is 14.4. The topological polar surface area (TPSA) is 129 Å². The minimum Gasteiger partial charge on any atom is -0.464 e. The highest BCUT2D eigenvalue weighted by atomic mass is 33.1. The average Bonchev–Trinajstić information content (AvgIpc) is 2.70. The summed E-state index contributed by atoms with van der Waals surface area (Å²) < 4.78 is 19.5. The predicted molar refractivity (Wildman–Crippen MR) is 115 cm³/mol. The van der Waals surface area contributed by atoms with Gasteiger partial charge in [0.25, 0.3) is 0 Å². The van der Waals surface area contributed by atoms with Gasteiger partial charge in [-0.2, -0.15) is 0 Å². The molecule has 0 aliphatic rings. The number of nitrogens with one attached hydrogen (secondary N) is 2. The van der Waals surface area contributed by atoms with Crippen molar-refractivity contribution in [3.8, 4) is 0 Å². The summed E-state index contributed by atoms with van der Waals surface area (Å²) in [6, 6.07) is -2.29. The Morgan fingerprint density at radius 2 is 0.867 bits per heavy atom. The lowest BCUT2D eigenvalue weighted by molar-refractivity contribution is -0.159. The van der Waals surface area contributed by atoms with E-state index in [1.165, 1.54) is 21.6 Å². The van der Waals surface area contributed by atoms with Crippen molar-refractivity contribution in [2.45, 2.75) is 39.8 Å². The third kappa shape index (κ3) is 12.3. The van der Waals surface area contributed by atoms with Gasteiger partial charge in [0.1, 0.15) is 0 Å². The van der Waals surface area contributed by atoms with Gasteiger partial charge in [-0.05, 0) is 27.7 Å². The van der Waals surface area contributed by atoms with E-state index >= 15 is 0 Å². The van der Waals surface area contributed by atoms with Crippen molar-refractivity contribution < 1.29 is 38.1 Å². The second-order valence-corrected chi connectivity index (χ2v) is 8.13. The fourth-order valence-corrected chi connectivity index (χ4v) is 3.88. The van der Waals surface area contributed by atoms with Crippen LogP contribution in [-0.2, 0) is 38.1 Å². The van der Waals surface area contributed by atoms with Gasteiger partial charge in [-0.3, -0.25) is 10.6 Å². The summed E-state index contributed by atoms with van der Waals surface area (Å²) in [6.07, 6.45) is 0. The van der Waals surface area contributed by atoms with Gasteiger partial charge in [0.15, 0.2) is 0 Å². The van der Waals surface area contributed by atoms with Crippen LogP contribution in [0.2, 0.25) is 0 Å². The second-order valence-electron chi connectivity index (χ2n) is 5.43. The van der Waals surface area contributed by atoms with Crippen molar-refractivity contribution in [3.05, 3.63) is 0 Å². The van der Waals surface area contributed by atoms with Gasteiger partial charge in [-0.25, -0.2) is 19.2 Å². The summed E-state index contributed by atoms with van der Waals surface area (Å²) >= 11 is 0. The molecule has 10 nitrogen and oxygen atoms in total. The van der Waals surface area contributed by atoms with Crippen molar-refractivity contribution in [3.63, 3.8) is 0 Å². The molecule has 0 saturated heterocycles. The molecule has 12 heteroatoms. The Labute approximate surface area is 185 Å². The van der Waals surface area contributed by atoms with E-state index in [9.17, 15) is 19.2 Å². The Morgan fingerprint density at radius 3 is 1.10 bits per heavy atom. The molecule has 0 saturated carbocycles. The van der Waals surface area contributed by atoms with Gasteiger partial charge >= 0.3 is 23.9 Å². The van der Waals surface area contributed by atoms with E-state index in [1.807, 2.05) is 0 Å². The van der Waals surface area contributed by atoms with Crippen LogP contribution in [0.1, 0.15) is 27.7 Å². The zero-order chi connectivity index (χ0) is 22.8. The number of hydrogen-bond acceptors (Lipinski definition) is 12. The lowest BCUT2D eigenvalue weighted by atomic mass is 10.3. The van der Waals surface area contributed by atoms with Crippen LogP contribution in [0.15, 0.2) is 0 Å². The minimum absolute atomic E-state index is 0.173. The van der Waals surface area contributed by atoms with Gasteiger partial charge in [0.2, 0.25) is 12.1 Å². The Morgan fingerprint density at radius 1 is 0.600 bits per heavy atom. The van der Waals surface area contributed by atoms with Crippen LogP contribution in [0.4, 0.5) is 0 Å².